The molecule has 0 bridgehead atoms. The van der Waals surface area contributed by atoms with Crippen LogP contribution in [0, 0.1) is 12.8 Å². The number of pyridine rings is 1. The molecular weight excluding hydrogens is 572 g/mol. The Labute approximate surface area is 239 Å². The molecule has 2 amide bonds. The summed E-state index contributed by atoms with van der Waals surface area (Å²) in [6, 6.07) is 16.9. The van der Waals surface area contributed by atoms with Crippen molar-refractivity contribution in [1.82, 2.24) is 10.3 Å². The minimum atomic E-state index is -5.49. The highest BCUT2D eigenvalue weighted by molar-refractivity contribution is 7.46. The van der Waals surface area contributed by atoms with Gasteiger partial charge in [-0.3, -0.25) is 24.4 Å². The molecule has 2 aromatic carbocycles. The summed E-state index contributed by atoms with van der Waals surface area (Å²) in [6.45, 7) is 1.65. The number of hydrogen-bond acceptors (Lipinski definition) is 5. The highest BCUT2D eigenvalue weighted by atomic mass is 31.2. The number of imide groups is 1. The first-order chi connectivity index (χ1) is 19.8. The summed E-state index contributed by atoms with van der Waals surface area (Å²) in [4.78, 5) is 48.6. The first-order valence-corrected chi connectivity index (χ1v) is 14.8. The van der Waals surface area contributed by atoms with Crippen LogP contribution in [0.5, 0.6) is 0 Å². The summed E-state index contributed by atoms with van der Waals surface area (Å²) in [5.74, 6) is -2.00. The van der Waals surface area contributed by atoms with Gasteiger partial charge in [0.15, 0.2) is 5.60 Å². The lowest BCUT2D eigenvalue weighted by Gasteiger charge is -2.45. The Morgan fingerprint density at radius 1 is 1.07 bits per heavy atom. The average Bonchev–Trinajstić information content (AvgIpc) is 2.91. The number of alkyl halides is 3. The molecule has 0 aliphatic heterocycles. The van der Waals surface area contributed by atoms with Crippen molar-refractivity contribution >= 4 is 25.2 Å². The third kappa shape index (κ3) is 6.10. The number of phosphoric ester groups is 1. The topological polar surface area (TPSA) is 126 Å². The molecule has 3 aromatic rings. The van der Waals surface area contributed by atoms with Gasteiger partial charge >= 0.3 is 14.0 Å². The second-order valence-corrected chi connectivity index (χ2v) is 11.8. The predicted octanol–water partition coefficient (Wildman–Crippen LogP) is 5.72. The fourth-order valence-corrected chi connectivity index (χ4v) is 6.73. The summed E-state index contributed by atoms with van der Waals surface area (Å²) < 4.78 is 59.9. The van der Waals surface area contributed by atoms with Crippen LogP contribution in [-0.2, 0) is 21.9 Å². The van der Waals surface area contributed by atoms with Crippen molar-refractivity contribution in [2.24, 2.45) is 5.92 Å². The number of nitrogens with zero attached hydrogens (tertiary/aromatic N) is 1. The van der Waals surface area contributed by atoms with Gasteiger partial charge in [-0.2, -0.15) is 13.2 Å². The molecule has 2 atom stereocenters. The number of carbonyl (C=O) groups excluding carboxylic acids is 2. The molecule has 0 radical (unpaired) electrons. The highest BCUT2D eigenvalue weighted by Gasteiger charge is 2.62. The van der Waals surface area contributed by atoms with Crippen LogP contribution in [0.15, 0.2) is 72.4 Å². The average molecular weight is 601 g/mol. The summed E-state index contributed by atoms with van der Waals surface area (Å²) in [5.41, 5.74) is 1.15. The number of hydrogen-bond donors (Lipinski definition) is 3. The van der Waals surface area contributed by atoms with Crippen LogP contribution in [0.2, 0.25) is 0 Å². The van der Waals surface area contributed by atoms with Gasteiger partial charge in [0.2, 0.25) is 0 Å². The Hall–Kier alpha value is -3.63. The zero-order chi connectivity index (χ0) is 30.3. The molecule has 0 unspecified atom stereocenters. The van der Waals surface area contributed by atoms with E-state index in [0.29, 0.717) is 28.8 Å². The van der Waals surface area contributed by atoms with E-state index in [-0.39, 0.29) is 24.0 Å². The Morgan fingerprint density at radius 2 is 1.81 bits per heavy atom. The molecular formula is C30H28F3N2O6P. The van der Waals surface area contributed by atoms with Gasteiger partial charge in [0.1, 0.15) is 0 Å². The lowest BCUT2D eigenvalue weighted by Crippen LogP contribution is -2.51. The van der Waals surface area contributed by atoms with Gasteiger partial charge in [0, 0.05) is 23.9 Å². The van der Waals surface area contributed by atoms with Gasteiger partial charge in [-0.05, 0) is 85.1 Å². The minimum Gasteiger partial charge on any atom is -0.303 e. The van der Waals surface area contributed by atoms with Crippen LogP contribution in [0.25, 0.3) is 5.57 Å². The number of fused-ring (bicyclic) bond motifs is 2. The Bertz CT molecular complexity index is 1620. The summed E-state index contributed by atoms with van der Waals surface area (Å²) >= 11 is 0. The van der Waals surface area contributed by atoms with E-state index in [4.69, 9.17) is 0 Å². The van der Waals surface area contributed by atoms with E-state index in [1.54, 1.807) is 61.5 Å². The fourth-order valence-electron chi connectivity index (χ4n) is 6.03. The molecule has 0 saturated carbocycles. The molecule has 2 aliphatic carbocycles. The normalized spacial score (nSPS) is 20.5. The second kappa shape index (κ2) is 11.2. The van der Waals surface area contributed by atoms with Gasteiger partial charge in [0.05, 0.1) is 5.56 Å². The largest absolute Gasteiger partial charge is 0.470 e. The highest BCUT2D eigenvalue weighted by Crippen LogP contribution is 2.58. The first kappa shape index (κ1) is 29.8. The maximum atomic E-state index is 14.5. The standard InChI is InChI=1S/C30H28F3N2O6P/c1-18-24(8-5-13-34-18)28(37)35-27(36)21-11-12-25-20(15-21)9-10-22-16-29(30(31,32)33,41-42(38,39)40)17-23(26(22)25)14-19-6-3-2-4-7-19/h2-8,11-13,15,23H,9-10,14,16-17H2,1H3,(H,35,36,37)(H2,38,39,40)/t23-,29+/m1/s1. The molecule has 8 nitrogen and oxygen atoms in total. The third-order valence-corrected chi connectivity index (χ3v) is 8.42. The molecule has 1 aromatic heterocycles. The molecule has 5 rings (SSSR count). The van der Waals surface area contributed by atoms with Crippen LogP contribution in [0.1, 0.15) is 62.4 Å². The molecule has 42 heavy (non-hydrogen) atoms. The zero-order valence-corrected chi connectivity index (χ0v) is 23.4. The van der Waals surface area contributed by atoms with Crippen molar-refractivity contribution in [2.45, 2.75) is 50.8 Å². The fraction of sp³-hybridized carbons (Fsp3) is 0.300. The summed E-state index contributed by atoms with van der Waals surface area (Å²) in [5, 5.41) is 2.36. The number of aromatic nitrogens is 1. The summed E-state index contributed by atoms with van der Waals surface area (Å²) in [6.07, 6.45) is -4.22. The molecule has 0 saturated heterocycles. The number of rotatable bonds is 6. The van der Waals surface area contributed by atoms with E-state index in [0.717, 1.165) is 11.1 Å². The monoisotopic (exact) mass is 600 g/mol. The number of amides is 2. The lowest BCUT2D eigenvalue weighted by molar-refractivity contribution is -0.259. The van der Waals surface area contributed by atoms with Crippen molar-refractivity contribution in [1.29, 1.82) is 0 Å². The Morgan fingerprint density at radius 3 is 2.48 bits per heavy atom. The molecule has 0 spiro atoms. The van der Waals surface area contributed by atoms with Crippen LogP contribution in [0.3, 0.4) is 0 Å². The van der Waals surface area contributed by atoms with Crippen molar-refractivity contribution in [2.75, 3.05) is 0 Å². The van der Waals surface area contributed by atoms with Crippen molar-refractivity contribution in [3.8, 4) is 0 Å². The molecule has 1 heterocycles. The Balaban J connectivity index is 1.51. The number of halogens is 3. The van der Waals surface area contributed by atoms with E-state index in [2.05, 4.69) is 14.8 Å². The molecule has 2 aliphatic rings. The maximum Gasteiger partial charge on any atom is 0.470 e. The van der Waals surface area contributed by atoms with Gasteiger partial charge in [-0.1, -0.05) is 42.0 Å². The molecule has 3 N–H and O–H groups in total. The number of allylic oxidation sites excluding steroid dienone is 1. The van der Waals surface area contributed by atoms with E-state index < -0.39 is 50.2 Å². The van der Waals surface area contributed by atoms with Gasteiger partial charge in [-0.15, -0.1) is 0 Å². The first-order valence-electron chi connectivity index (χ1n) is 13.3. The second-order valence-electron chi connectivity index (χ2n) is 10.7. The zero-order valence-electron chi connectivity index (χ0n) is 22.5. The number of benzene rings is 2. The molecule has 12 heteroatoms. The van der Waals surface area contributed by atoms with E-state index in [9.17, 15) is 37.1 Å². The van der Waals surface area contributed by atoms with Crippen LogP contribution in [0.4, 0.5) is 13.2 Å². The van der Waals surface area contributed by atoms with Crippen molar-refractivity contribution < 1.29 is 41.6 Å². The SMILES string of the molecule is Cc1ncccc1C(=O)NC(=O)c1ccc2c(c1)CCC1=C2[C@H](Cc2ccccc2)C[C@](OP(=O)(O)O)(C(F)(F)F)C1. The van der Waals surface area contributed by atoms with Crippen molar-refractivity contribution in [3.63, 3.8) is 0 Å². The molecule has 0 fully saturated rings. The van der Waals surface area contributed by atoms with E-state index in [1.807, 2.05) is 0 Å². The van der Waals surface area contributed by atoms with Gasteiger partial charge in [0.25, 0.3) is 11.8 Å². The molecule has 220 valence electrons. The van der Waals surface area contributed by atoms with Crippen molar-refractivity contribution in [3.05, 3.63) is 106 Å². The van der Waals surface area contributed by atoms with Gasteiger partial charge in [-0.25, -0.2) is 4.57 Å². The Kier molecular flexibility index (Phi) is 7.98. The summed E-state index contributed by atoms with van der Waals surface area (Å²) in [7, 11) is -5.49. The number of carbonyl (C=O) groups is 2. The lowest BCUT2D eigenvalue weighted by atomic mass is 9.66. The van der Waals surface area contributed by atoms with Crippen LogP contribution in [-0.4, -0.2) is 38.4 Å². The number of nitrogens with one attached hydrogen (secondary N) is 1. The number of aryl methyl sites for hydroxylation is 2. The predicted molar refractivity (Wildman–Crippen MR) is 147 cm³/mol. The minimum absolute atomic E-state index is 0.183. The van der Waals surface area contributed by atoms with Crippen LogP contribution < -0.4 is 5.32 Å². The number of phosphoric acid groups is 1. The quantitative estimate of drug-likeness (QED) is 0.244. The third-order valence-electron chi connectivity index (χ3n) is 7.83. The maximum absolute atomic E-state index is 14.5. The van der Waals surface area contributed by atoms with Gasteiger partial charge < -0.3 is 9.79 Å². The van der Waals surface area contributed by atoms with E-state index >= 15 is 0 Å². The van der Waals surface area contributed by atoms with Crippen LogP contribution >= 0.6 is 7.82 Å². The smallest absolute Gasteiger partial charge is 0.303 e. The van der Waals surface area contributed by atoms with E-state index in [1.165, 1.54) is 12.3 Å².